The summed E-state index contributed by atoms with van der Waals surface area (Å²) in [7, 11) is 0. The second-order valence-corrected chi connectivity index (χ2v) is 7.76. The minimum atomic E-state index is -0.580. The fraction of sp³-hybridized carbons (Fsp3) is 0.375. The Morgan fingerprint density at radius 2 is 2.09 bits per heavy atom. The van der Waals surface area contributed by atoms with E-state index in [2.05, 4.69) is 10.3 Å². The molecule has 1 amide bonds. The van der Waals surface area contributed by atoms with E-state index < -0.39 is 6.04 Å². The van der Waals surface area contributed by atoms with Crippen LogP contribution in [0.15, 0.2) is 30.5 Å². The van der Waals surface area contributed by atoms with Gasteiger partial charge < -0.3 is 11.1 Å². The van der Waals surface area contributed by atoms with E-state index in [1.807, 2.05) is 45.0 Å². The van der Waals surface area contributed by atoms with Crippen molar-refractivity contribution in [1.82, 2.24) is 4.98 Å². The van der Waals surface area contributed by atoms with Crippen LogP contribution in [0.25, 0.3) is 0 Å². The number of thiazole rings is 1. The van der Waals surface area contributed by atoms with Crippen LogP contribution in [-0.4, -0.2) is 16.9 Å². The topological polar surface area (TPSA) is 68.0 Å². The number of hydrogen-bond acceptors (Lipinski definition) is 4. The summed E-state index contributed by atoms with van der Waals surface area (Å²) in [5.74, 6) is -0.217. The number of amides is 1. The fourth-order valence-electron chi connectivity index (χ4n) is 1.85. The molecule has 2 rings (SSSR count). The number of rotatable bonds is 4. The summed E-state index contributed by atoms with van der Waals surface area (Å²) < 4.78 is 0. The molecule has 1 aromatic heterocycles. The Hall–Kier alpha value is -1.43. The van der Waals surface area contributed by atoms with Crippen LogP contribution >= 0.6 is 22.9 Å². The third kappa shape index (κ3) is 4.29. The van der Waals surface area contributed by atoms with Gasteiger partial charge in [-0.05, 0) is 17.0 Å². The zero-order valence-corrected chi connectivity index (χ0v) is 14.5. The molecule has 4 nitrogen and oxygen atoms in total. The van der Waals surface area contributed by atoms with Gasteiger partial charge in [-0.3, -0.25) is 4.79 Å². The Bertz CT molecular complexity index is 663. The van der Waals surface area contributed by atoms with Crippen molar-refractivity contribution in [3.8, 4) is 0 Å². The molecule has 0 unspecified atom stereocenters. The summed E-state index contributed by atoms with van der Waals surface area (Å²) in [6.07, 6.45) is 2.45. The molecule has 3 N–H and O–H groups in total. The molecule has 22 heavy (non-hydrogen) atoms. The van der Waals surface area contributed by atoms with E-state index in [0.717, 1.165) is 15.5 Å². The predicted octanol–water partition coefficient (Wildman–Crippen LogP) is 3.70. The highest BCUT2D eigenvalue weighted by Gasteiger charge is 2.27. The van der Waals surface area contributed by atoms with Gasteiger partial charge in [0.25, 0.3) is 0 Å². The molecule has 0 saturated heterocycles. The molecular weight excluding hydrogens is 318 g/mol. The lowest BCUT2D eigenvalue weighted by Gasteiger charge is -2.25. The van der Waals surface area contributed by atoms with E-state index in [1.54, 1.807) is 6.20 Å². The number of anilines is 1. The molecule has 0 bridgehead atoms. The standard InChI is InChI=1S/C16H20ClN3OS/c1-16(2,3)13(18)14(21)20-15-19-9-11(22-15)8-10-6-4-5-7-12(10)17/h4-7,9,13H,8,18H2,1-3H3,(H,19,20,21)/t13-/m1/s1. The third-order valence-corrected chi connectivity index (χ3v) is 4.60. The summed E-state index contributed by atoms with van der Waals surface area (Å²) >= 11 is 7.59. The van der Waals surface area contributed by atoms with Crippen LogP contribution in [0.1, 0.15) is 31.2 Å². The lowest BCUT2D eigenvalue weighted by atomic mass is 9.87. The number of benzene rings is 1. The highest BCUT2D eigenvalue weighted by atomic mass is 35.5. The second kappa shape index (κ2) is 6.77. The summed E-state index contributed by atoms with van der Waals surface area (Å²) in [5.41, 5.74) is 6.69. The zero-order chi connectivity index (χ0) is 16.3. The Kier molecular flexibility index (Phi) is 5.21. The van der Waals surface area contributed by atoms with Crippen LogP contribution < -0.4 is 11.1 Å². The number of halogens is 1. The summed E-state index contributed by atoms with van der Waals surface area (Å²) in [5, 5.41) is 4.07. The first-order valence-corrected chi connectivity index (χ1v) is 8.21. The molecule has 0 aliphatic heterocycles. The van der Waals surface area contributed by atoms with Gasteiger partial charge in [0.2, 0.25) is 5.91 Å². The van der Waals surface area contributed by atoms with Gasteiger partial charge in [0.05, 0.1) is 6.04 Å². The zero-order valence-electron chi connectivity index (χ0n) is 12.9. The van der Waals surface area contributed by atoms with Gasteiger partial charge in [-0.1, -0.05) is 50.6 Å². The van der Waals surface area contributed by atoms with Crippen LogP contribution in [-0.2, 0) is 11.2 Å². The molecule has 1 aromatic carbocycles. The number of nitrogens with one attached hydrogen (secondary N) is 1. The second-order valence-electron chi connectivity index (χ2n) is 6.23. The summed E-state index contributed by atoms with van der Waals surface area (Å²) in [4.78, 5) is 17.4. The van der Waals surface area contributed by atoms with Crippen LogP contribution in [0.3, 0.4) is 0 Å². The van der Waals surface area contributed by atoms with Gasteiger partial charge in [-0.2, -0.15) is 0 Å². The van der Waals surface area contributed by atoms with Crippen molar-refractivity contribution in [2.75, 3.05) is 5.32 Å². The number of aromatic nitrogens is 1. The maximum absolute atomic E-state index is 12.1. The molecule has 2 aromatic rings. The normalized spacial score (nSPS) is 13.0. The lowest BCUT2D eigenvalue weighted by Crippen LogP contribution is -2.45. The molecular formula is C16H20ClN3OS. The van der Waals surface area contributed by atoms with E-state index in [0.29, 0.717) is 11.6 Å². The molecule has 118 valence electrons. The van der Waals surface area contributed by atoms with Crippen LogP contribution in [0.5, 0.6) is 0 Å². The van der Waals surface area contributed by atoms with Crippen molar-refractivity contribution in [1.29, 1.82) is 0 Å². The van der Waals surface area contributed by atoms with Gasteiger partial charge in [0, 0.05) is 22.5 Å². The van der Waals surface area contributed by atoms with E-state index >= 15 is 0 Å². The fourth-order valence-corrected chi connectivity index (χ4v) is 2.89. The number of carbonyl (C=O) groups excluding carboxylic acids is 1. The molecule has 1 atom stereocenters. The van der Waals surface area contributed by atoms with Crippen LogP contribution in [0, 0.1) is 5.41 Å². The number of carbonyl (C=O) groups is 1. The van der Waals surface area contributed by atoms with Crippen molar-refractivity contribution in [2.45, 2.75) is 33.2 Å². The lowest BCUT2D eigenvalue weighted by molar-refractivity contribution is -0.119. The average Bonchev–Trinajstić information content (AvgIpc) is 2.86. The third-order valence-electron chi connectivity index (χ3n) is 3.32. The first kappa shape index (κ1) is 16.9. The van der Waals surface area contributed by atoms with E-state index in [4.69, 9.17) is 17.3 Å². The molecule has 0 saturated carbocycles. The first-order chi connectivity index (χ1) is 10.3. The van der Waals surface area contributed by atoms with E-state index in [9.17, 15) is 4.79 Å². The Morgan fingerprint density at radius 1 is 1.41 bits per heavy atom. The summed E-state index contributed by atoms with van der Waals surface area (Å²) in [6, 6.07) is 7.12. The van der Waals surface area contributed by atoms with Crippen LogP contribution in [0.4, 0.5) is 5.13 Å². The molecule has 0 spiro atoms. The van der Waals surface area contributed by atoms with Crippen molar-refractivity contribution < 1.29 is 4.79 Å². The SMILES string of the molecule is CC(C)(C)[C@H](N)C(=O)Nc1ncc(Cc2ccccc2Cl)s1. The van der Waals surface area contributed by atoms with Crippen molar-refractivity contribution in [2.24, 2.45) is 11.1 Å². The average molecular weight is 338 g/mol. The van der Waals surface area contributed by atoms with Gasteiger partial charge in [0.1, 0.15) is 0 Å². The molecule has 0 radical (unpaired) electrons. The van der Waals surface area contributed by atoms with Gasteiger partial charge in [-0.15, -0.1) is 11.3 Å². The maximum Gasteiger partial charge on any atom is 0.243 e. The maximum atomic E-state index is 12.1. The number of nitrogens with two attached hydrogens (primary N) is 1. The Balaban J connectivity index is 2.03. The monoisotopic (exact) mass is 337 g/mol. The molecule has 1 heterocycles. The van der Waals surface area contributed by atoms with Crippen LogP contribution in [0.2, 0.25) is 5.02 Å². The summed E-state index contributed by atoms with van der Waals surface area (Å²) in [6.45, 7) is 5.80. The molecule has 0 fully saturated rings. The smallest absolute Gasteiger partial charge is 0.243 e. The van der Waals surface area contributed by atoms with Crippen molar-refractivity contribution in [3.63, 3.8) is 0 Å². The predicted molar refractivity (Wildman–Crippen MR) is 92.4 cm³/mol. The Morgan fingerprint density at radius 3 is 2.73 bits per heavy atom. The van der Waals surface area contributed by atoms with Crippen molar-refractivity contribution in [3.05, 3.63) is 45.9 Å². The Labute approximate surface area is 139 Å². The molecule has 0 aliphatic rings. The number of hydrogen-bond donors (Lipinski definition) is 2. The highest BCUT2D eigenvalue weighted by Crippen LogP contribution is 2.25. The largest absolute Gasteiger partial charge is 0.319 e. The quantitative estimate of drug-likeness (QED) is 0.893. The first-order valence-electron chi connectivity index (χ1n) is 7.02. The van der Waals surface area contributed by atoms with Gasteiger partial charge >= 0.3 is 0 Å². The van der Waals surface area contributed by atoms with E-state index in [1.165, 1.54) is 11.3 Å². The van der Waals surface area contributed by atoms with Gasteiger partial charge in [-0.25, -0.2) is 4.98 Å². The minimum Gasteiger partial charge on any atom is -0.319 e. The number of nitrogens with zero attached hydrogens (tertiary/aromatic N) is 1. The van der Waals surface area contributed by atoms with Crippen molar-refractivity contribution >= 4 is 34.0 Å². The molecule has 0 aliphatic carbocycles. The van der Waals surface area contributed by atoms with E-state index in [-0.39, 0.29) is 11.3 Å². The highest BCUT2D eigenvalue weighted by molar-refractivity contribution is 7.15. The minimum absolute atomic E-state index is 0.217. The molecule has 6 heteroatoms. The van der Waals surface area contributed by atoms with Gasteiger partial charge in [0.15, 0.2) is 5.13 Å².